The molecule has 1 amide bonds. The highest BCUT2D eigenvalue weighted by molar-refractivity contribution is 5.93. The van der Waals surface area contributed by atoms with Gasteiger partial charge in [-0.05, 0) is 29.2 Å². The maximum absolute atomic E-state index is 13.3. The minimum Gasteiger partial charge on any atom is -0.355 e. The summed E-state index contributed by atoms with van der Waals surface area (Å²) in [5.74, 6) is 0.565. The van der Waals surface area contributed by atoms with Crippen LogP contribution in [-0.2, 0) is 13.6 Å². The Morgan fingerprint density at radius 2 is 1.93 bits per heavy atom. The van der Waals surface area contributed by atoms with E-state index >= 15 is 0 Å². The molecule has 0 bridgehead atoms. The summed E-state index contributed by atoms with van der Waals surface area (Å²) in [4.78, 5) is 15.2. The Bertz CT molecular complexity index is 1220. The van der Waals surface area contributed by atoms with Crippen LogP contribution in [0.4, 0.5) is 0 Å². The lowest BCUT2D eigenvalue weighted by Gasteiger charge is -2.34. The first-order valence-electron chi connectivity index (χ1n) is 9.98. The first kappa shape index (κ1) is 18.4. The van der Waals surface area contributed by atoms with Crippen LogP contribution in [0, 0.1) is 6.92 Å². The van der Waals surface area contributed by atoms with Crippen molar-refractivity contribution in [3.05, 3.63) is 94.9 Å². The van der Waals surface area contributed by atoms with Crippen molar-refractivity contribution in [1.29, 1.82) is 0 Å². The molecule has 0 N–H and O–H groups in total. The molecule has 1 atom stereocenters. The zero-order valence-electron chi connectivity index (χ0n) is 16.9. The van der Waals surface area contributed by atoms with Crippen molar-refractivity contribution in [2.24, 2.45) is 7.05 Å². The fourth-order valence-corrected chi connectivity index (χ4v) is 4.18. The number of aryl methyl sites for hydroxylation is 2. The van der Waals surface area contributed by atoms with Crippen LogP contribution in [0.3, 0.4) is 0 Å². The number of aromatic nitrogens is 3. The van der Waals surface area contributed by atoms with Gasteiger partial charge < -0.3 is 9.42 Å². The Balaban J connectivity index is 1.46. The number of hydrogen-bond acceptors (Lipinski definition) is 4. The summed E-state index contributed by atoms with van der Waals surface area (Å²) in [6, 6.07) is 17.9. The molecule has 1 unspecified atom stereocenters. The van der Waals surface area contributed by atoms with E-state index < -0.39 is 0 Å². The van der Waals surface area contributed by atoms with Gasteiger partial charge in [0.15, 0.2) is 11.5 Å². The van der Waals surface area contributed by atoms with Crippen LogP contribution in [0.25, 0.3) is 11.3 Å². The summed E-state index contributed by atoms with van der Waals surface area (Å²) in [5.41, 5.74) is 5.85. The lowest BCUT2D eigenvalue weighted by molar-refractivity contribution is 0.0714. The standard InChI is InChI=1S/C24H22N4O2/c1-16-7-3-5-9-19(16)23-11-22(26-30-23)24(29)28-14-17-8-4-6-10-20(17)21(15-28)18-12-25-27(2)13-18/h3-13,21H,14-15H2,1-2H3. The largest absolute Gasteiger partial charge is 0.355 e. The normalized spacial score (nSPS) is 15.8. The van der Waals surface area contributed by atoms with Crippen molar-refractivity contribution in [3.63, 3.8) is 0 Å². The van der Waals surface area contributed by atoms with E-state index in [0.29, 0.717) is 24.5 Å². The molecule has 2 aromatic heterocycles. The fourth-order valence-electron chi connectivity index (χ4n) is 4.18. The molecule has 5 rings (SSSR count). The van der Waals surface area contributed by atoms with Crippen molar-refractivity contribution in [3.8, 4) is 11.3 Å². The summed E-state index contributed by atoms with van der Waals surface area (Å²) in [7, 11) is 1.91. The first-order chi connectivity index (χ1) is 14.6. The summed E-state index contributed by atoms with van der Waals surface area (Å²) < 4.78 is 7.31. The second-order valence-electron chi connectivity index (χ2n) is 7.78. The van der Waals surface area contributed by atoms with Gasteiger partial charge in [0.25, 0.3) is 5.91 Å². The predicted octanol–water partition coefficient (Wildman–Crippen LogP) is 4.17. The Morgan fingerprint density at radius 3 is 2.73 bits per heavy atom. The number of benzene rings is 2. The number of fused-ring (bicyclic) bond motifs is 1. The highest BCUT2D eigenvalue weighted by atomic mass is 16.5. The van der Waals surface area contributed by atoms with E-state index in [1.807, 2.05) is 67.7 Å². The van der Waals surface area contributed by atoms with Crippen molar-refractivity contribution < 1.29 is 9.32 Å². The molecule has 6 nitrogen and oxygen atoms in total. The van der Waals surface area contributed by atoms with Gasteiger partial charge in [-0.15, -0.1) is 0 Å². The molecular formula is C24H22N4O2. The van der Waals surface area contributed by atoms with E-state index in [9.17, 15) is 4.79 Å². The van der Waals surface area contributed by atoms with Crippen LogP contribution in [-0.4, -0.2) is 32.3 Å². The van der Waals surface area contributed by atoms with Gasteiger partial charge in [0.1, 0.15) is 0 Å². The molecule has 0 saturated heterocycles. The first-order valence-corrected chi connectivity index (χ1v) is 9.98. The summed E-state index contributed by atoms with van der Waals surface area (Å²) in [5, 5.41) is 8.41. The smallest absolute Gasteiger partial charge is 0.276 e. The molecule has 0 saturated carbocycles. The number of rotatable bonds is 3. The minimum atomic E-state index is -0.123. The summed E-state index contributed by atoms with van der Waals surface area (Å²) >= 11 is 0. The number of amides is 1. The molecule has 4 aromatic rings. The van der Waals surface area contributed by atoms with Crippen LogP contribution in [0.2, 0.25) is 0 Å². The molecule has 6 heteroatoms. The van der Waals surface area contributed by atoms with E-state index in [0.717, 1.165) is 22.3 Å². The van der Waals surface area contributed by atoms with Crippen molar-refractivity contribution in [2.45, 2.75) is 19.4 Å². The lowest BCUT2D eigenvalue weighted by Crippen LogP contribution is -2.38. The minimum absolute atomic E-state index is 0.0790. The zero-order valence-corrected chi connectivity index (χ0v) is 16.9. The molecule has 30 heavy (non-hydrogen) atoms. The van der Waals surface area contributed by atoms with Crippen LogP contribution >= 0.6 is 0 Å². The van der Waals surface area contributed by atoms with Gasteiger partial charge in [-0.3, -0.25) is 9.48 Å². The van der Waals surface area contributed by atoms with Crippen LogP contribution < -0.4 is 0 Å². The SMILES string of the molecule is Cc1ccccc1-c1cc(C(=O)N2Cc3ccccc3C(c3cnn(C)c3)C2)no1. The third kappa shape index (κ3) is 3.20. The average Bonchev–Trinajstić information content (AvgIpc) is 3.42. The van der Waals surface area contributed by atoms with Gasteiger partial charge in [0, 0.05) is 43.9 Å². The Labute approximate surface area is 174 Å². The number of nitrogens with zero attached hydrogens (tertiary/aromatic N) is 4. The lowest BCUT2D eigenvalue weighted by atomic mass is 9.86. The monoisotopic (exact) mass is 398 g/mol. The summed E-state index contributed by atoms with van der Waals surface area (Å²) in [6.45, 7) is 3.14. The van der Waals surface area contributed by atoms with Crippen LogP contribution in [0.5, 0.6) is 0 Å². The number of carbonyl (C=O) groups excluding carboxylic acids is 1. The van der Waals surface area contributed by atoms with Gasteiger partial charge in [-0.1, -0.05) is 53.7 Å². The van der Waals surface area contributed by atoms with Crippen LogP contribution in [0.1, 0.15) is 38.7 Å². The molecule has 3 heterocycles. The Hall–Kier alpha value is -3.67. The van der Waals surface area contributed by atoms with E-state index in [4.69, 9.17) is 4.52 Å². The third-order valence-electron chi connectivity index (χ3n) is 5.75. The molecular weight excluding hydrogens is 376 g/mol. The van der Waals surface area contributed by atoms with E-state index in [-0.39, 0.29) is 11.8 Å². The fraction of sp³-hybridized carbons (Fsp3) is 0.208. The predicted molar refractivity (Wildman–Crippen MR) is 113 cm³/mol. The van der Waals surface area contributed by atoms with Gasteiger partial charge in [0.2, 0.25) is 0 Å². The molecule has 150 valence electrons. The Kier molecular flexibility index (Phi) is 4.47. The van der Waals surface area contributed by atoms with Gasteiger partial charge in [-0.25, -0.2) is 0 Å². The summed E-state index contributed by atoms with van der Waals surface area (Å²) in [6.07, 6.45) is 3.89. The number of hydrogen-bond donors (Lipinski definition) is 0. The highest BCUT2D eigenvalue weighted by Crippen LogP contribution is 2.34. The average molecular weight is 398 g/mol. The van der Waals surface area contributed by atoms with Crippen molar-refractivity contribution in [2.75, 3.05) is 6.54 Å². The maximum atomic E-state index is 13.3. The molecule has 0 fully saturated rings. The van der Waals surface area contributed by atoms with Crippen molar-refractivity contribution in [1.82, 2.24) is 19.8 Å². The van der Waals surface area contributed by atoms with Gasteiger partial charge in [-0.2, -0.15) is 5.10 Å². The van der Waals surface area contributed by atoms with Gasteiger partial charge >= 0.3 is 0 Å². The van der Waals surface area contributed by atoms with E-state index in [2.05, 4.69) is 22.4 Å². The molecule has 1 aliphatic rings. The number of carbonyl (C=O) groups is 1. The van der Waals surface area contributed by atoms with E-state index in [1.165, 1.54) is 5.56 Å². The highest BCUT2D eigenvalue weighted by Gasteiger charge is 2.31. The zero-order chi connectivity index (χ0) is 20.7. The quantitative estimate of drug-likeness (QED) is 0.520. The molecule has 0 aliphatic carbocycles. The van der Waals surface area contributed by atoms with Gasteiger partial charge in [0.05, 0.1) is 6.20 Å². The topological polar surface area (TPSA) is 64.2 Å². The second-order valence-corrected chi connectivity index (χ2v) is 7.78. The van der Waals surface area contributed by atoms with Crippen molar-refractivity contribution >= 4 is 5.91 Å². The maximum Gasteiger partial charge on any atom is 0.276 e. The van der Waals surface area contributed by atoms with E-state index in [1.54, 1.807) is 10.7 Å². The second kappa shape index (κ2) is 7.30. The molecule has 0 radical (unpaired) electrons. The third-order valence-corrected chi connectivity index (χ3v) is 5.75. The molecule has 2 aromatic carbocycles. The molecule has 0 spiro atoms. The van der Waals surface area contributed by atoms with Crippen LogP contribution in [0.15, 0.2) is 71.5 Å². The molecule has 1 aliphatic heterocycles. The Morgan fingerprint density at radius 1 is 1.13 bits per heavy atom.